The summed E-state index contributed by atoms with van der Waals surface area (Å²) >= 11 is 0. The van der Waals surface area contributed by atoms with Crippen LogP contribution in [0.2, 0.25) is 0 Å². The van der Waals surface area contributed by atoms with E-state index in [1.165, 1.54) is 38.1 Å². The summed E-state index contributed by atoms with van der Waals surface area (Å²) < 4.78 is 0. The molecule has 1 unspecified atom stereocenters. The molecule has 0 radical (unpaired) electrons. The number of nitrogens with one attached hydrogen (secondary N) is 2. The maximum Gasteiger partial charge on any atom is 0.326 e. The number of carboxylic acids is 1. The van der Waals surface area contributed by atoms with Gasteiger partial charge in [-0.1, -0.05) is 0 Å². The Morgan fingerprint density at radius 3 is 2.12 bits per heavy atom. The van der Waals surface area contributed by atoms with E-state index in [9.17, 15) is 14.4 Å². The van der Waals surface area contributed by atoms with E-state index in [0.717, 1.165) is 37.0 Å². The Hall–Kier alpha value is -1.79. The van der Waals surface area contributed by atoms with Gasteiger partial charge in [-0.05, 0) is 63.2 Å². The topological polar surface area (TPSA) is 98.7 Å². The molecule has 7 nitrogen and oxygen atoms in total. The summed E-state index contributed by atoms with van der Waals surface area (Å²) in [7, 11) is 1.47. The molecule has 4 fully saturated rings. The Bertz CT molecular complexity index is 527. The van der Waals surface area contributed by atoms with E-state index < -0.39 is 12.0 Å². The van der Waals surface area contributed by atoms with Gasteiger partial charge in [-0.2, -0.15) is 0 Å². The number of amides is 3. The van der Waals surface area contributed by atoms with Crippen molar-refractivity contribution in [2.75, 3.05) is 13.6 Å². The van der Waals surface area contributed by atoms with Gasteiger partial charge in [-0.25, -0.2) is 9.59 Å². The largest absolute Gasteiger partial charge is 0.480 e. The smallest absolute Gasteiger partial charge is 0.326 e. The van der Waals surface area contributed by atoms with Gasteiger partial charge in [-0.3, -0.25) is 4.79 Å². The minimum atomic E-state index is -1.04. The van der Waals surface area contributed by atoms with Crippen LogP contribution in [-0.4, -0.2) is 53.1 Å². The lowest BCUT2D eigenvalue weighted by atomic mass is 9.53. The van der Waals surface area contributed by atoms with Crippen LogP contribution in [0.15, 0.2) is 0 Å². The van der Waals surface area contributed by atoms with Crippen LogP contribution >= 0.6 is 0 Å². The molecule has 4 aliphatic carbocycles. The Morgan fingerprint density at radius 2 is 1.64 bits per heavy atom. The molecule has 4 saturated carbocycles. The third kappa shape index (κ3) is 3.90. The van der Waals surface area contributed by atoms with E-state index in [-0.39, 0.29) is 30.4 Å². The normalized spacial score (nSPS) is 33.6. The molecule has 0 saturated heterocycles. The van der Waals surface area contributed by atoms with Crippen LogP contribution in [0.25, 0.3) is 0 Å². The zero-order chi connectivity index (χ0) is 18.2. The first-order valence-electron chi connectivity index (χ1n) is 9.32. The maximum atomic E-state index is 12.3. The molecular formula is C18H29N3O4. The molecular weight excluding hydrogens is 322 g/mol. The molecule has 0 aromatic carbocycles. The van der Waals surface area contributed by atoms with Crippen LogP contribution in [0.4, 0.5) is 4.79 Å². The third-order valence-electron chi connectivity index (χ3n) is 6.37. The van der Waals surface area contributed by atoms with E-state index in [2.05, 4.69) is 10.6 Å². The van der Waals surface area contributed by atoms with Crippen LogP contribution in [0.3, 0.4) is 0 Å². The van der Waals surface area contributed by atoms with Gasteiger partial charge in [-0.15, -0.1) is 0 Å². The van der Waals surface area contributed by atoms with Crippen molar-refractivity contribution >= 4 is 17.9 Å². The first kappa shape index (κ1) is 18.0. The molecule has 140 valence electrons. The van der Waals surface area contributed by atoms with Crippen LogP contribution in [0.5, 0.6) is 0 Å². The van der Waals surface area contributed by atoms with Crippen molar-refractivity contribution in [3.63, 3.8) is 0 Å². The Labute approximate surface area is 148 Å². The number of carboxylic acid groups (broad SMARTS) is 1. The standard InChI is InChI=1S/C18H29N3O4/c1-11(16(23)24)21(2)15(22)3-4-19-17(25)20-18-8-12-5-13(9-18)7-14(6-12)10-18/h11-14H,3-10H2,1-2H3,(H,23,24)(H2,19,20,25). The van der Waals surface area contributed by atoms with Crippen LogP contribution in [0.1, 0.15) is 51.9 Å². The molecule has 4 bridgehead atoms. The zero-order valence-corrected chi connectivity index (χ0v) is 15.1. The molecule has 0 aromatic heterocycles. The molecule has 0 heterocycles. The van der Waals surface area contributed by atoms with E-state index in [4.69, 9.17) is 5.11 Å². The highest BCUT2D eigenvalue weighted by atomic mass is 16.4. The highest BCUT2D eigenvalue weighted by Gasteiger charge is 2.51. The first-order chi connectivity index (χ1) is 11.8. The minimum Gasteiger partial charge on any atom is -0.480 e. The number of likely N-dealkylation sites (N-methyl/N-ethyl adjacent to an activating group) is 1. The molecule has 4 aliphatic rings. The van der Waals surface area contributed by atoms with Gasteiger partial charge in [0.15, 0.2) is 0 Å². The number of carbonyl (C=O) groups is 3. The molecule has 25 heavy (non-hydrogen) atoms. The summed E-state index contributed by atoms with van der Waals surface area (Å²) in [5.74, 6) is 0.964. The molecule has 1 atom stereocenters. The van der Waals surface area contributed by atoms with Crippen molar-refractivity contribution in [1.82, 2.24) is 15.5 Å². The van der Waals surface area contributed by atoms with Gasteiger partial charge in [0.25, 0.3) is 0 Å². The molecule has 0 aliphatic heterocycles. The molecule has 3 N–H and O–H groups in total. The van der Waals surface area contributed by atoms with Crippen molar-refractivity contribution in [2.24, 2.45) is 17.8 Å². The number of aliphatic carboxylic acids is 1. The molecule has 4 rings (SSSR count). The Morgan fingerprint density at radius 1 is 1.12 bits per heavy atom. The van der Waals surface area contributed by atoms with Crippen molar-refractivity contribution in [2.45, 2.75) is 63.5 Å². The van der Waals surface area contributed by atoms with Gasteiger partial charge >= 0.3 is 12.0 Å². The lowest BCUT2D eigenvalue weighted by molar-refractivity contribution is -0.148. The van der Waals surface area contributed by atoms with Gasteiger partial charge in [0.2, 0.25) is 5.91 Å². The molecule has 0 aromatic rings. The fraction of sp³-hybridized carbons (Fsp3) is 0.833. The fourth-order valence-corrected chi connectivity index (χ4v) is 5.39. The zero-order valence-electron chi connectivity index (χ0n) is 15.1. The van der Waals surface area contributed by atoms with Crippen LogP contribution < -0.4 is 10.6 Å². The predicted molar refractivity (Wildman–Crippen MR) is 91.9 cm³/mol. The fourth-order valence-electron chi connectivity index (χ4n) is 5.39. The average molecular weight is 351 g/mol. The monoisotopic (exact) mass is 351 g/mol. The summed E-state index contributed by atoms with van der Waals surface area (Å²) in [4.78, 5) is 36.4. The quantitative estimate of drug-likeness (QED) is 0.676. The Balaban J connectivity index is 1.43. The number of hydrogen-bond donors (Lipinski definition) is 3. The van der Waals surface area contributed by atoms with Crippen molar-refractivity contribution in [3.8, 4) is 0 Å². The summed E-state index contributed by atoms with van der Waals surface area (Å²) in [6, 6.07) is -1.07. The summed E-state index contributed by atoms with van der Waals surface area (Å²) in [5, 5.41) is 14.9. The van der Waals surface area contributed by atoms with Crippen molar-refractivity contribution in [1.29, 1.82) is 0 Å². The summed E-state index contributed by atoms with van der Waals surface area (Å²) in [5.41, 5.74) is -0.0442. The number of carbonyl (C=O) groups excluding carboxylic acids is 2. The molecule has 0 spiro atoms. The average Bonchev–Trinajstić information content (AvgIpc) is 2.51. The van der Waals surface area contributed by atoms with E-state index in [0.29, 0.717) is 0 Å². The maximum absolute atomic E-state index is 12.3. The Kier molecular flexibility index (Phi) is 4.93. The lowest BCUT2D eigenvalue weighted by Gasteiger charge is -2.56. The second kappa shape index (κ2) is 6.84. The second-order valence-corrected chi connectivity index (χ2v) is 8.35. The van der Waals surface area contributed by atoms with Gasteiger partial charge in [0, 0.05) is 25.6 Å². The second-order valence-electron chi connectivity index (χ2n) is 8.35. The number of nitrogens with zero attached hydrogens (tertiary/aromatic N) is 1. The molecule has 3 amide bonds. The summed E-state index contributed by atoms with van der Waals surface area (Å²) in [6.07, 6.45) is 7.34. The third-order valence-corrected chi connectivity index (χ3v) is 6.37. The summed E-state index contributed by atoms with van der Waals surface area (Å²) in [6.45, 7) is 1.68. The SMILES string of the molecule is CC(C(=O)O)N(C)C(=O)CCNC(=O)NC12CC3CC(CC(C3)C1)C2. The predicted octanol–water partition coefficient (Wildman–Crippen LogP) is 1.58. The number of urea groups is 1. The molecule has 7 heteroatoms. The van der Waals surface area contributed by atoms with E-state index in [1.807, 2.05) is 0 Å². The highest BCUT2D eigenvalue weighted by Crippen LogP contribution is 2.55. The van der Waals surface area contributed by atoms with Gasteiger partial charge in [0.1, 0.15) is 6.04 Å². The van der Waals surface area contributed by atoms with Gasteiger partial charge in [0.05, 0.1) is 0 Å². The van der Waals surface area contributed by atoms with E-state index in [1.54, 1.807) is 0 Å². The minimum absolute atomic E-state index is 0.0442. The number of rotatable bonds is 6. The van der Waals surface area contributed by atoms with Crippen LogP contribution in [-0.2, 0) is 9.59 Å². The van der Waals surface area contributed by atoms with Crippen molar-refractivity contribution in [3.05, 3.63) is 0 Å². The highest BCUT2D eigenvalue weighted by molar-refractivity contribution is 5.83. The lowest BCUT2D eigenvalue weighted by Crippen LogP contribution is -2.61. The first-order valence-corrected chi connectivity index (χ1v) is 9.32. The number of hydrogen-bond acceptors (Lipinski definition) is 3. The van der Waals surface area contributed by atoms with Crippen molar-refractivity contribution < 1.29 is 19.5 Å². The van der Waals surface area contributed by atoms with E-state index >= 15 is 0 Å². The van der Waals surface area contributed by atoms with Gasteiger partial charge < -0.3 is 20.6 Å². The van der Waals surface area contributed by atoms with Crippen LogP contribution in [0, 0.1) is 17.8 Å².